The Balaban J connectivity index is 3.17. The molecule has 0 heterocycles. The first-order valence-electron chi connectivity index (χ1n) is 5.36. The van der Waals surface area contributed by atoms with Crippen LogP contribution >= 0.6 is 11.6 Å². The van der Waals surface area contributed by atoms with Gasteiger partial charge in [0.15, 0.2) is 0 Å². The molecule has 7 heteroatoms. The second-order valence-corrected chi connectivity index (χ2v) is 6.31. The van der Waals surface area contributed by atoms with E-state index in [1.54, 1.807) is 6.92 Å². The maximum absolute atomic E-state index is 12.3. The Bertz CT molecular complexity index is 519. The number of likely N-dealkylation sites (N-methyl/N-ethyl adjacent to an activating group) is 1. The standard InChI is InChI=1S/C11H17ClN2O3S/c1-8(7-13)14(2)18(15,16)9-4-5-11(17-3)10(12)6-9/h4-6,8H,7,13H2,1-3H3. The molecule has 0 bridgehead atoms. The van der Waals surface area contributed by atoms with E-state index in [-0.39, 0.29) is 22.5 Å². The van der Waals surface area contributed by atoms with Crippen molar-refractivity contribution in [3.63, 3.8) is 0 Å². The van der Waals surface area contributed by atoms with Gasteiger partial charge in [-0.3, -0.25) is 0 Å². The molecule has 0 aliphatic heterocycles. The molecule has 0 saturated heterocycles. The molecule has 0 saturated carbocycles. The van der Waals surface area contributed by atoms with Crippen molar-refractivity contribution in [3.05, 3.63) is 23.2 Å². The number of halogens is 1. The van der Waals surface area contributed by atoms with E-state index in [0.29, 0.717) is 5.75 Å². The van der Waals surface area contributed by atoms with Gasteiger partial charge in [0.25, 0.3) is 0 Å². The fourth-order valence-corrected chi connectivity index (χ4v) is 3.08. The zero-order valence-corrected chi connectivity index (χ0v) is 12.1. The Labute approximate surface area is 113 Å². The van der Waals surface area contributed by atoms with E-state index in [9.17, 15) is 8.42 Å². The van der Waals surface area contributed by atoms with Crippen LogP contribution in [0.3, 0.4) is 0 Å². The SMILES string of the molecule is COc1ccc(S(=O)(=O)N(C)C(C)CN)cc1Cl. The molecular weight excluding hydrogens is 276 g/mol. The van der Waals surface area contributed by atoms with Crippen molar-refractivity contribution in [2.24, 2.45) is 5.73 Å². The van der Waals surface area contributed by atoms with Gasteiger partial charge in [-0.15, -0.1) is 0 Å². The van der Waals surface area contributed by atoms with Gasteiger partial charge in [0.2, 0.25) is 10.0 Å². The van der Waals surface area contributed by atoms with Crippen LogP contribution in [0.2, 0.25) is 5.02 Å². The van der Waals surface area contributed by atoms with Crippen molar-refractivity contribution in [2.75, 3.05) is 20.7 Å². The van der Waals surface area contributed by atoms with Gasteiger partial charge in [-0.25, -0.2) is 8.42 Å². The number of rotatable bonds is 5. The number of ether oxygens (including phenoxy) is 1. The summed E-state index contributed by atoms with van der Waals surface area (Å²) in [4.78, 5) is 0.121. The van der Waals surface area contributed by atoms with Crippen LogP contribution in [-0.2, 0) is 10.0 Å². The van der Waals surface area contributed by atoms with Crippen LogP contribution in [0.1, 0.15) is 6.92 Å². The third kappa shape index (κ3) is 2.95. The lowest BCUT2D eigenvalue weighted by Crippen LogP contribution is -2.39. The zero-order chi connectivity index (χ0) is 13.9. The van der Waals surface area contributed by atoms with Crippen molar-refractivity contribution in [3.8, 4) is 5.75 Å². The first-order valence-corrected chi connectivity index (χ1v) is 7.18. The lowest BCUT2D eigenvalue weighted by molar-refractivity contribution is 0.394. The molecule has 102 valence electrons. The predicted molar refractivity (Wildman–Crippen MR) is 71.5 cm³/mol. The summed E-state index contributed by atoms with van der Waals surface area (Å²) in [7, 11) is -0.623. The molecule has 0 aliphatic carbocycles. The Morgan fingerprint density at radius 2 is 2.11 bits per heavy atom. The molecule has 1 unspecified atom stereocenters. The topological polar surface area (TPSA) is 72.6 Å². The Hall–Kier alpha value is -0.820. The number of hydrogen-bond acceptors (Lipinski definition) is 4. The Morgan fingerprint density at radius 3 is 2.56 bits per heavy atom. The fourth-order valence-electron chi connectivity index (χ4n) is 1.36. The average molecular weight is 293 g/mol. The van der Waals surface area contributed by atoms with Crippen LogP contribution in [0.4, 0.5) is 0 Å². The van der Waals surface area contributed by atoms with Crippen LogP contribution in [-0.4, -0.2) is 39.5 Å². The van der Waals surface area contributed by atoms with Gasteiger partial charge in [0, 0.05) is 19.6 Å². The van der Waals surface area contributed by atoms with E-state index in [2.05, 4.69) is 0 Å². The lowest BCUT2D eigenvalue weighted by Gasteiger charge is -2.23. The predicted octanol–water partition coefficient (Wildman–Crippen LogP) is 1.32. The molecule has 1 rings (SSSR count). The normalized spacial score (nSPS) is 13.7. The number of nitrogens with zero attached hydrogens (tertiary/aromatic N) is 1. The number of hydrogen-bond donors (Lipinski definition) is 1. The van der Waals surface area contributed by atoms with Gasteiger partial charge in [0.1, 0.15) is 5.75 Å². The molecule has 0 fully saturated rings. The molecule has 0 amide bonds. The summed E-state index contributed by atoms with van der Waals surface area (Å²) >= 11 is 5.92. The van der Waals surface area contributed by atoms with E-state index < -0.39 is 10.0 Å². The second-order valence-electron chi connectivity index (χ2n) is 3.90. The molecule has 18 heavy (non-hydrogen) atoms. The highest BCUT2D eigenvalue weighted by molar-refractivity contribution is 7.89. The molecule has 0 radical (unpaired) electrons. The average Bonchev–Trinajstić information content (AvgIpc) is 2.36. The van der Waals surface area contributed by atoms with E-state index in [1.807, 2.05) is 0 Å². The lowest BCUT2D eigenvalue weighted by atomic mass is 10.3. The van der Waals surface area contributed by atoms with Crippen LogP contribution in [0.5, 0.6) is 5.75 Å². The monoisotopic (exact) mass is 292 g/mol. The summed E-state index contributed by atoms with van der Waals surface area (Å²) in [6.45, 7) is 1.99. The van der Waals surface area contributed by atoms with Crippen LogP contribution < -0.4 is 10.5 Å². The summed E-state index contributed by atoms with van der Waals surface area (Å²) < 4.78 is 30.7. The van der Waals surface area contributed by atoms with Crippen molar-refractivity contribution in [1.82, 2.24) is 4.31 Å². The quantitative estimate of drug-likeness (QED) is 0.888. The first-order chi connectivity index (χ1) is 8.34. The van der Waals surface area contributed by atoms with Gasteiger partial charge >= 0.3 is 0 Å². The summed E-state index contributed by atoms with van der Waals surface area (Å²) in [5.41, 5.74) is 5.47. The third-order valence-corrected chi connectivity index (χ3v) is 5.03. The smallest absolute Gasteiger partial charge is 0.243 e. The Kier molecular flexibility index (Phi) is 4.98. The molecule has 0 aliphatic rings. The summed E-state index contributed by atoms with van der Waals surface area (Å²) in [6.07, 6.45) is 0. The minimum Gasteiger partial charge on any atom is -0.495 e. The molecule has 2 N–H and O–H groups in total. The highest BCUT2D eigenvalue weighted by Crippen LogP contribution is 2.28. The molecule has 1 atom stereocenters. The van der Waals surface area contributed by atoms with Gasteiger partial charge in [0.05, 0.1) is 17.0 Å². The van der Waals surface area contributed by atoms with Crippen LogP contribution in [0.25, 0.3) is 0 Å². The molecule has 0 aromatic heterocycles. The van der Waals surface area contributed by atoms with Crippen molar-refractivity contribution < 1.29 is 13.2 Å². The number of sulfonamides is 1. The van der Waals surface area contributed by atoms with E-state index >= 15 is 0 Å². The number of methoxy groups -OCH3 is 1. The van der Waals surface area contributed by atoms with Gasteiger partial charge in [-0.05, 0) is 25.1 Å². The maximum atomic E-state index is 12.3. The Morgan fingerprint density at radius 1 is 1.50 bits per heavy atom. The molecule has 5 nitrogen and oxygen atoms in total. The first kappa shape index (κ1) is 15.2. The summed E-state index contributed by atoms with van der Waals surface area (Å²) in [5, 5.41) is 0.257. The van der Waals surface area contributed by atoms with Crippen molar-refractivity contribution in [2.45, 2.75) is 17.9 Å². The van der Waals surface area contributed by atoms with Crippen LogP contribution in [0, 0.1) is 0 Å². The zero-order valence-electron chi connectivity index (χ0n) is 10.6. The van der Waals surface area contributed by atoms with E-state index in [0.717, 1.165) is 0 Å². The van der Waals surface area contributed by atoms with Gasteiger partial charge < -0.3 is 10.5 Å². The summed E-state index contributed by atoms with van der Waals surface area (Å²) in [5.74, 6) is 0.435. The van der Waals surface area contributed by atoms with Crippen LogP contribution in [0.15, 0.2) is 23.1 Å². The van der Waals surface area contributed by atoms with Crippen molar-refractivity contribution >= 4 is 21.6 Å². The molecule has 0 spiro atoms. The highest BCUT2D eigenvalue weighted by atomic mass is 35.5. The molecule has 1 aromatic rings. The number of nitrogens with two attached hydrogens (primary N) is 1. The third-order valence-electron chi connectivity index (χ3n) is 2.76. The van der Waals surface area contributed by atoms with E-state index in [1.165, 1.54) is 36.7 Å². The highest BCUT2D eigenvalue weighted by Gasteiger charge is 2.25. The fraction of sp³-hybridized carbons (Fsp3) is 0.455. The van der Waals surface area contributed by atoms with Gasteiger partial charge in [-0.2, -0.15) is 4.31 Å². The number of benzene rings is 1. The summed E-state index contributed by atoms with van der Waals surface area (Å²) in [6, 6.07) is 4.07. The maximum Gasteiger partial charge on any atom is 0.243 e. The van der Waals surface area contributed by atoms with Gasteiger partial charge in [-0.1, -0.05) is 11.6 Å². The molecule has 1 aromatic carbocycles. The molecular formula is C11H17ClN2O3S. The van der Waals surface area contributed by atoms with Crippen molar-refractivity contribution in [1.29, 1.82) is 0 Å². The minimum absolute atomic E-state index is 0.121. The minimum atomic E-state index is -3.58. The van der Waals surface area contributed by atoms with E-state index in [4.69, 9.17) is 22.1 Å². The largest absolute Gasteiger partial charge is 0.495 e. The second kappa shape index (κ2) is 5.88.